The number of ether oxygens (including phenoxy) is 1. The van der Waals surface area contributed by atoms with E-state index in [2.05, 4.69) is 15.5 Å². The Morgan fingerprint density at radius 2 is 1.97 bits per heavy atom. The van der Waals surface area contributed by atoms with Gasteiger partial charge in [-0.05, 0) is 80.5 Å². The molecule has 0 unspecified atom stereocenters. The molecule has 2 aromatic rings. The van der Waals surface area contributed by atoms with Crippen LogP contribution in [0.5, 0.6) is 0 Å². The van der Waals surface area contributed by atoms with Crippen LogP contribution in [-0.2, 0) is 27.2 Å². The monoisotopic (exact) mass is 419 g/mol. The van der Waals surface area contributed by atoms with Crippen LogP contribution in [0.15, 0.2) is 36.4 Å². The topological polar surface area (TPSA) is 87.7 Å². The lowest BCUT2D eigenvalue weighted by Gasteiger charge is -2.33. The molecule has 2 aliphatic heterocycles. The van der Waals surface area contributed by atoms with Gasteiger partial charge in [-0.3, -0.25) is 9.59 Å². The largest absolute Gasteiger partial charge is 0.449 e. The lowest BCUT2D eigenvalue weighted by atomic mass is 10.1. The molecule has 1 saturated heterocycles. The quantitative estimate of drug-likeness (QED) is 0.743. The van der Waals surface area contributed by atoms with Crippen molar-refractivity contribution < 1.29 is 19.1 Å². The number of rotatable bonds is 4. The van der Waals surface area contributed by atoms with Gasteiger partial charge < -0.3 is 20.3 Å². The molecular weight excluding hydrogens is 394 g/mol. The lowest BCUT2D eigenvalue weighted by Crippen LogP contribution is -2.43. The summed E-state index contributed by atoms with van der Waals surface area (Å²) < 4.78 is 5.39. The fraction of sp³-hybridized carbons (Fsp3) is 0.375. The molecule has 0 spiro atoms. The molecule has 0 radical (unpaired) electrons. The maximum Gasteiger partial charge on any atom is 0.338 e. The Kier molecular flexibility index (Phi) is 4.88. The molecule has 5 rings (SSSR count). The summed E-state index contributed by atoms with van der Waals surface area (Å²) in [7, 11) is 0. The standard InChI is InChI=1S/C24H25N3O4/c1-14(22(28)25-18-9-7-15-4-2-5-16(15)12-18)31-24(30)17-8-10-20-19(13-17)26-23(29)21-6-3-11-27(20)21/h7-10,12-14,21H,2-6,11H2,1H3,(H,25,28)(H,26,29)/t14-,21-/m0/s1. The fourth-order valence-electron chi connectivity index (χ4n) is 4.73. The Morgan fingerprint density at radius 1 is 1.13 bits per heavy atom. The smallest absolute Gasteiger partial charge is 0.338 e. The van der Waals surface area contributed by atoms with E-state index in [0.717, 1.165) is 44.3 Å². The number of amides is 2. The zero-order chi connectivity index (χ0) is 21.5. The van der Waals surface area contributed by atoms with Gasteiger partial charge in [0.2, 0.25) is 5.91 Å². The zero-order valence-electron chi connectivity index (χ0n) is 17.4. The number of aryl methyl sites for hydroxylation is 2. The molecule has 7 heteroatoms. The molecule has 160 valence electrons. The molecule has 0 aromatic heterocycles. The molecule has 2 atom stereocenters. The number of esters is 1. The predicted octanol–water partition coefficient (Wildman–Crippen LogP) is 3.28. The Balaban J connectivity index is 1.25. The van der Waals surface area contributed by atoms with Gasteiger partial charge in [0.25, 0.3) is 5.91 Å². The molecule has 7 nitrogen and oxygen atoms in total. The first-order chi connectivity index (χ1) is 15.0. The van der Waals surface area contributed by atoms with Gasteiger partial charge >= 0.3 is 5.97 Å². The summed E-state index contributed by atoms with van der Waals surface area (Å²) in [6.07, 6.45) is 4.10. The molecule has 1 aliphatic carbocycles. The molecule has 1 fully saturated rings. The number of benzene rings is 2. The summed E-state index contributed by atoms with van der Waals surface area (Å²) in [5.74, 6) is -1.02. The number of hydrogen-bond acceptors (Lipinski definition) is 5. The second-order valence-electron chi connectivity index (χ2n) is 8.45. The van der Waals surface area contributed by atoms with Crippen LogP contribution in [-0.4, -0.2) is 36.5 Å². The van der Waals surface area contributed by atoms with Gasteiger partial charge in [-0.15, -0.1) is 0 Å². The number of carbonyl (C=O) groups is 3. The van der Waals surface area contributed by atoms with Crippen molar-refractivity contribution in [1.29, 1.82) is 0 Å². The van der Waals surface area contributed by atoms with Gasteiger partial charge in [0.15, 0.2) is 6.10 Å². The molecule has 31 heavy (non-hydrogen) atoms. The fourth-order valence-corrected chi connectivity index (χ4v) is 4.73. The Hall–Kier alpha value is -3.35. The SMILES string of the molecule is C[C@H](OC(=O)c1ccc2c(c1)NC(=O)[C@@H]1CCCN21)C(=O)Nc1ccc2c(c1)CCC2. The van der Waals surface area contributed by atoms with E-state index in [1.54, 1.807) is 19.1 Å². The number of nitrogens with zero attached hydrogens (tertiary/aromatic N) is 1. The summed E-state index contributed by atoms with van der Waals surface area (Å²) in [6, 6.07) is 10.9. The highest BCUT2D eigenvalue weighted by Crippen LogP contribution is 2.37. The van der Waals surface area contributed by atoms with Gasteiger partial charge in [-0.1, -0.05) is 6.07 Å². The summed E-state index contributed by atoms with van der Waals surface area (Å²) in [6.45, 7) is 2.38. The van der Waals surface area contributed by atoms with Crippen LogP contribution < -0.4 is 15.5 Å². The maximum absolute atomic E-state index is 12.6. The van der Waals surface area contributed by atoms with Crippen molar-refractivity contribution >= 4 is 34.8 Å². The van der Waals surface area contributed by atoms with Gasteiger partial charge in [-0.2, -0.15) is 0 Å². The number of hydrogen-bond donors (Lipinski definition) is 2. The first-order valence-electron chi connectivity index (χ1n) is 10.8. The predicted molar refractivity (Wildman–Crippen MR) is 117 cm³/mol. The van der Waals surface area contributed by atoms with Crippen molar-refractivity contribution in [2.24, 2.45) is 0 Å². The highest BCUT2D eigenvalue weighted by Gasteiger charge is 2.36. The minimum atomic E-state index is -0.950. The molecule has 2 aromatic carbocycles. The summed E-state index contributed by atoms with van der Waals surface area (Å²) in [5, 5.41) is 5.72. The minimum absolute atomic E-state index is 0.0439. The average molecular weight is 419 g/mol. The average Bonchev–Trinajstić information content (AvgIpc) is 3.43. The number of carbonyl (C=O) groups excluding carboxylic acids is 3. The van der Waals surface area contributed by atoms with Gasteiger partial charge in [-0.25, -0.2) is 4.79 Å². The minimum Gasteiger partial charge on any atom is -0.449 e. The van der Waals surface area contributed by atoms with Gasteiger partial charge in [0, 0.05) is 12.2 Å². The first-order valence-corrected chi connectivity index (χ1v) is 10.8. The molecule has 2 heterocycles. The number of fused-ring (bicyclic) bond motifs is 4. The lowest BCUT2D eigenvalue weighted by molar-refractivity contribution is -0.123. The van der Waals surface area contributed by atoms with Gasteiger partial charge in [0.05, 0.1) is 16.9 Å². The second-order valence-corrected chi connectivity index (χ2v) is 8.45. The third kappa shape index (κ3) is 3.65. The van der Waals surface area contributed by atoms with E-state index in [1.807, 2.05) is 24.3 Å². The maximum atomic E-state index is 12.6. The van der Waals surface area contributed by atoms with E-state index < -0.39 is 12.1 Å². The third-order valence-corrected chi connectivity index (χ3v) is 6.37. The summed E-state index contributed by atoms with van der Waals surface area (Å²) >= 11 is 0. The van der Waals surface area contributed by atoms with Crippen LogP contribution in [0.3, 0.4) is 0 Å². The summed E-state index contributed by atoms with van der Waals surface area (Å²) in [5.41, 5.74) is 5.13. The second kappa shape index (κ2) is 7.72. The van der Waals surface area contributed by atoms with E-state index in [-0.39, 0.29) is 17.9 Å². The molecule has 0 bridgehead atoms. The zero-order valence-corrected chi connectivity index (χ0v) is 17.4. The first kappa shape index (κ1) is 19.6. The van der Waals surface area contributed by atoms with Crippen molar-refractivity contribution in [2.75, 3.05) is 22.1 Å². The van der Waals surface area contributed by atoms with Crippen LogP contribution in [0.4, 0.5) is 17.1 Å². The van der Waals surface area contributed by atoms with E-state index in [0.29, 0.717) is 16.9 Å². The highest BCUT2D eigenvalue weighted by atomic mass is 16.5. The van der Waals surface area contributed by atoms with Crippen LogP contribution in [0, 0.1) is 0 Å². The molecule has 2 N–H and O–H groups in total. The molecule has 0 saturated carbocycles. The van der Waals surface area contributed by atoms with Crippen LogP contribution in [0.1, 0.15) is 47.7 Å². The van der Waals surface area contributed by atoms with E-state index >= 15 is 0 Å². The number of anilines is 3. The van der Waals surface area contributed by atoms with E-state index in [4.69, 9.17) is 4.74 Å². The van der Waals surface area contributed by atoms with Crippen LogP contribution in [0.25, 0.3) is 0 Å². The molecule has 2 amide bonds. The van der Waals surface area contributed by atoms with Crippen LogP contribution >= 0.6 is 0 Å². The van der Waals surface area contributed by atoms with E-state index in [9.17, 15) is 14.4 Å². The van der Waals surface area contributed by atoms with Crippen molar-refractivity contribution in [3.63, 3.8) is 0 Å². The normalized spacial score (nSPS) is 19.7. The van der Waals surface area contributed by atoms with Crippen molar-refractivity contribution in [3.05, 3.63) is 53.1 Å². The Bertz CT molecular complexity index is 1080. The van der Waals surface area contributed by atoms with E-state index in [1.165, 1.54) is 11.1 Å². The third-order valence-electron chi connectivity index (χ3n) is 6.37. The Morgan fingerprint density at radius 3 is 2.84 bits per heavy atom. The van der Waals surface area contributed by atoms with Crippen LogP contribution in [0.2, 0.25) is 0 Å². The van der Waals surface area contributed by atoms with Gasteiger partial charge in [0.1, 0.15) is 6.04 Å². The molecular formula is C24H25N3O4. The highest BCUT2D eigenvalue weighted by molar-refractivity contribution is 6.06. The molecule has 3 aliphatic rings. The summed E-state index contributed by atoms with van der Waals surface area (Å²) in [4.78, 5) is 39.5. The Labute approximate surface area is 180 Å². The van der Waals surface area contributed by atoms with Crippen molar-refractivity contribution in [2.45, 2.75) is 51.2 Å². The number of nitrogens with one attached hydrogen (secondary N) is 2. The van der Waals surface area contributed by atoms with Crippen molar-refractivity contribution in [1.82, 2.24) is 0 Å². The van der Waals surface area contributed by atoms with Crippen molar-refractivity contribution in [3.8, 4) is 0 Å².